The minimum absolute atomic E-state index is 0.0635. The molecule has 5 N–H and O–H groups in total. The number of primary amides is 1. The molecule has 0 spiro atoms. The first kappa shape index (κ1) is 35.7. The maximum atomic E-state index is 14.2. The number of carbonyl (C=O) groups is 4. The van der Waals surface area contributed by atoms with Gasteiger partial charge in [0, 0.05) is 25.1 Å². The number of benzene rings is 1. The average Bonchev–Trinajstić information content (AvgIpc) is 2.89. The molecule has 0 fully saturated rings. The van der Waals surface area contributed by atoms with Gasteiger partial charge in [-0.3, -0.25) is 14.4 Å². The third-order valence-corrected chi connectivity index (χ3v) is 6.58. The van der Waals surface area contributed by atoms with E-state index in [1.54, 1.807) is 39.0 Å². The summed E-state index contributed by atoms with van der Waals surface area (Å²) in [5.41, 5.74) is 4.86. The van der Waals surface area contributed by atoms with E-state index in [1.807, 2.05) is 0 Å². The van der Waals surface area contributed by atoms with Gasteiger partial charge in [-0.1, -0.05) is 77.0 Å². The number of nitrogens with one attached hydrogen (secondary N) is 2. The molecule has 0 aliphatic rings. The molecular weight excluding hydrogens is 524 g/mol. The van der Waals surface area contributed by atoms with Crippen molar-refractivity contribution < 1.29 is 29.0 Å². The first-order valence-corrected chi connectivity index (χ1v) is 15.0. The van der Waals surface area contributed by atoms with Gasteiger partial charge in [-0.2, -0.15) is 0 Å². The molecule has 232 valence electrons. The van der Waals surface area contributed by atoms with Crippen LogP contribution >= 0.6 is 0 Å². The number of phenols is 1. The molecule has 41 heavy (non-hydrogen) atoms. The van der Waals surface area contributed by atoms with Crippen molar-refractivity contribution in [2.24, 2.45) is 5.73 Å². The van der Waals surface area contributed by atoms with Crippen LogP contribution in [0, 0.1) is 0 Å². The predicted molar refractivity (Wildman–Crippen MR) is 160 cm³/mol. The van der Waals surface area contributed by atoms with Crippen LogP contribution in [-0.4, -0.2) is 58.6 Å². The van der Waals surface area contributed by atoms with E-state index in [9.17, 15) is 24.3 Å². The highest BCUT2D eigenvalue weighted by atomic mass is 16.6. The minimum Gasteiger partial charge on any atom is -0.508 e. The summed E-state index contributed by atoms with van der Waals surface area (Å²) in [6.45, 7) is 9.96. The molecule has 0 saturated heterocycles. The van der Waals surface area contributed by atoms with Crippen LogP contribution in [-0.2, 0) is 19.1 Å². The largest absolute Gasteiger partial charge is 0.508 e. The monoisotopic (exact) mass is 576 g/mol. The Morgan fingerprint density at radius 1 is 0.951 bits per heavy atom. The number of nitrogens with two attached hydrogens (primary N) is 1. The van der Waals surface area contributed by atoms with E-state index in [0.29, 0.717) is 13.0 Å². The number of nitrogens with zero attached hydrogens (tertiary/aromatic N) is 1. The van der Waals surface area contributed by atoms with E-state index in [1.165, 1.54) is 11.0 Å². The molecule has 1 aromatic rings. The Hall–Kier alpha value is -3.30. The topological polar surface area (TPSA) is 151 Å². The van der Waals surface area contributed by atoms with Gasteiger partial charge in [0.25, 0.3) is 0 Å². The number of para-hydroxylation sites is 1. The molecule has 1 rings (SSSR count). The lowest BCUT2D eigenvalue weighted by Gasteiger charge is -2.35. The van der Waals surface area contributed by atoms with Gasteiger partial charge in [0.1, 0.15) is 23.4 Å². The Kier molecular flexibility index (Phi) is 16.5. The highest BCUT2D eigenvalue weighted by molar-refractivity contribution is 5.92. The van der Waals surface area contributed by atoms with Crippen molar-refractivity contribution in [3.8, 4) is 5.75 Å². The van der Waals surface area contributed by atoms with Crippen molar-refractivity contribution in [1.29, 1.82) is 0 Å². The number of hydrogen-bond acceptors (Lipinski definition) is 6. The van der Waals surface area contributed by atoms with Gasteiger partial charge in [-0.05, 0) is 46.1 Å². The van der Waals surface area contributed by atoms with Gasteiger partial charge >= 0.3 is 6.09 Å². The lowest BCUT2D eigenvalue weighted by molar-refractivity contribution is -0.143. The van der Waals surface area contributed by atoms with Crippen LogP contribution in [0.25, 0.3) is 0 Å². The maximum Gasteiger partial charge on any atom is 0.408 e. The fourth-order valence-corrected chi connectivity index (χ4v) is 4.48. The number of rotatable bonds is 19. The highest BCUT2D eigenvalue weighted by Crippen LogP contribution is 2.30. The van der Waals surface area contributed by atoms with Crippen molar-refractivity contribution in [2.45, 2.75) is 123 Å². The zero-order valence-electron chi connectivity index (χ0n) is 25.7. The fraction of sp³-hybridized carbons (Fsp3) is 0.677. The lowest BCUT2D eigenvalue weighted by Crippen LogP contribution is -2.53. The molecule has 10 nitrogen and oxygen atoms in total. The van der Waals surface area contributed by atoms with Crippen LogP contribution in [0.5, 0.6) is 5.75 Å². The number of phenolic OH excluding ortho intramolecular Hbond substituents is 1. The molecule has 0 radical (unpaired) electrons. The first-order chi connectivity index (χ1) is 19.4. The summed E-state index contributed by atoms with van der Waals surface area (Å²) in [6, 6.07) is 4.13. The second-order valence-electron chi connectivity index (χ2n) is 11.5. The Labute approximate surface area is 245 Å². The summed E-state index contributed by atoms with van der Waals surface area (Å²) in [4.78, 5) is 53.6. The number of carbonyl (C=O) groups excluding carboxylic acids is 4. The Bertz CT molecular complexity index is 962. The van der Waals surface area contributed by atoms with E-state index in [4.69, 9.17) is 10.5 Å². The number of hydrogen-bond donors (Lipinski definition) is 4. The van der Waals surface area contributed by atoms with Crippen LogP contribution in [0.3, 0.4) is 0 Å². The quantitative estimate of drug-likeness (QED) is 0.169. The molecule has 0 aromatic heterocycles. The molecule has 2 atom stereocenters. The number of alkyl carbamates (subject to hydrolysis) is 1. The van der Waals surface area contributed by atoms with Crippen molar-refractivity contribution >= 4 is 23.8 Å². The standard InChI is InChI=1S/C31H52N4O6/c1-6-8-10-11-12-16-22-35(29(39)24(19-20-26(32)37)34-30(40)41-31(3,4)5)27(23-17-13-14-18-25(23)36)28(38)33-21-15-9-7-2/h13-14,17-18,24,27,36H,6-12,15-16,19-22H2,1-5H3,(H2,32,37)(H,33,38)(H,34,40). The fourth-order valence-electron chi connectivity index (χ4n) is 4.48. The molecule has 0 aliphatic heterocycles. The van der Waals surface area contributed by atoms with Gasteiger partial charge in [0.2, 0.25) is 17.7 Å². The summed E-state index contributed by atoms with van der Waals surface area (Å²) in [5, 5.41) is 16.3. The summed E-state index contributed by atoms with van der Waals surface area (Å²) in [6.07, 6.45) is 7.44. The second-order valence-corrected chi connectivity index (χ2v) is 11.5. The number of aromatic hydroxyl groups is 1. The first-order valence-electron chi connectivity index (χ1n) is 15.0. The van der Waals surface area contributed by atoms with Crippen molar-refractivity contribution in [3.63, 3.8) is 0 Å². The van der Waals surface area contributed by atoms with Crippen molar-refractivity contribution in [2.75, 3.05) is 13.1 Å². The Morgan fingerprint density at radius 3 is 2.17 bits per heavy atom. The normalized spacial score (nSPS) is 12.7. The van der Waals surface area contributed by atoms with Gasteiger partial charge < -0.3 is 31.1 Å². The molecule has 0 heterocycles. The van der Waals surface area contributed by atoms with Gasteiger partial charge in [0.15, 0.2) is 0 Å². The molecule has 2 unspecified atom stereocenters. The zero-order chi connectivity index (χ0) is 30.8. The van der Waals surface area contributed by atoms with Crippen LogP contribution in [0.4, 0.5) is 4.79 Å². The molecule has 1 aromatic carbocycles. The summed E-state index contributed by atoms with van der Waals surface area (Å²) in [7, 11) is 0. The van der Waals surface area contributed by atoms with Crippen LogP contribution < -0.4 is 16.4 Å². The van der Waals surface area contributed by atoms with Gasteiger partial charge in [-0.15, -0.1) is 0 Å². The van der Waals surface area contributed by atoms with E-state index >= 15 is 0 Å². The Morgan fingerprint density at radius 2 is 1.56 bits per heavy atom. The number of unbranched alkanes of at least 4 members (excludes halogenated alkanes) is 7. The summed E-state index contributed by atoms with van der Waals surface area (Å²) < 4.78 is 5.37. The smallest absolute Gasteiger partial charge is 0.408 e. The maximum absolute atomic E-state index is 14.2. The van der Waals surface area contributed by atoms with Crippen LogP contribution in [0.1, 0.15) is 117 Å². The van der Waals surface area contributed by atoms with Crippen molar-refractivity contribution in [1.82, 2.24) is 15.5 Å². The zero-order valence-corrected chi connectivity index (χ0v) is 25.7. The molecule has 10 heteroatoms. The molecular formula is C31H52N4O6. The van der Waals surface area contributed by atoms with E-state index in [0.717, 1.165) is 51.4 Å². The number of amides is 4. The predicted octanol–water partition coefficient (Wildman–Crippen LogP) is 5.09. The van der Waals surface area contributed by atoms with Gasteiger partial charge in [0.05, 0.1) is 0 Å². The minimum atomic E-state index is -1.17. The third kappa shape index (κ3) is 14.2. The lowest BCUT2D eigenvalue weighted by atomic mass is 9.99. The SMILES string of the molecule is CCCCCCCCN(C(=O)C(CCC(N)=O)NC(=O)OC(C)(C)C)C(C(=O)NCCCCC)c1ccccc1O. The van der Waals surface area contributed by atoms with E-state index < -0.39 is 41.5 Å². The molecule has 0 aliphatic carbocycles. The summed E-state index contributed by atoms with van der Waals surface area (Å²) >= 11 is 0. The molecule has 4 amide bonds. The highest BCUT2D eigenvalue weighted by Gasteiger charge is 2.37. The number of ether oxygens (including phenoxy) is 1. The van der Waals surface area contributed by atoms with Crippen molar-refractivity contribution in [3.05, 3.63) is 29.8 Å². The summed E-state index contributed by atoms with van der Waals surface area (Å²) in [5.74, 6) is -1.71. The molecule has 0 bridgehead atoms. The van der Waals surface area contributed by atoms with E-state index in [-0.39, 0.29) is 30.7 Å². The molecule has 0 saturated carbocycles. The Balaban J connectivity index is 3.44. The third-order valence-electron chi connectivity index (χ3n) is 6.58. The van der Waals surface area contributed by atoms with E-state index in [2.05, 4.69) is 24.5 Å². The van der Waals surface area contributed by atoms with Gasteiger partial charge in [-0.25, -0.2) is 4.79 Å². The van der Waals surface area contributed by atoms with Crippen LogP contribution in [0.15, 0.2) is 24.3 Å². The average molecular weight is 577 g/mol. The second kappa shape index (κ2) is 18.9. The van der Waals surface area contributed by atoms with Crippen LogP contribution in [0.2, 0.25) is 0 Å².